The average Bonchev–Trinajstić information content (AvgIpc) is 2.48. The lowest BCUT2D eigenvalue weighted by Crippen LogP contribution is -2.24. The third-order valence-corrected chi connectivity index (χ3v) is 3.92. The molecule has 1 aromatic heterocycles. The Morgan fingerprint density at radius 2 is 2.06 bits per heavy atom. The van der Waals surface area contributed by atoms with E-state index in [-0.39, 0.29) is 5.41 Å². The lowest BCUT2D eigenvalue weighted by molar-refractivity contribution is -0.139. The minimum atomic E-state index is -0.866. The van der Waals surface area contributed by atoms with Crippen molar-refractivity contribution in [3.05, 3.63) is 15.6 Å². The molecule has 0 bridgehead atoms. The van der Waals surface area contributed by atoms with E-state index < -0.39 is 12.0 Å². The van der Waals surface area contributed by atoms with E-state index in [1.54, 1.807) is 7.05 Å². The summed E-state index contributed by atoms with van der Waals surface area (Å²) in [6, 6.07) is -0.659. The van der Waals surface area contributed by atoms with E-state index in [2.05, 4.69) is 31.1 Å². The highest BCUT2D eigenvalue weighted by Crippen LogP contribution is 2.32. The van der Waals surface area contributed by atoms with Crippen LogP contribution in [0.3, 0.4) is 0 Å². The fourth-order valence-electron chi connectivity index (χ4n) is 1.36. The maximum atomic E-state index is 11.1. The molecule has 1 atom stereocenters. The topological polar surface area (TPSA) is 62.2 Å². The van der Waals surface area contributed by atoms with Crippen LogP contribution in [0, 0.1) is 6.92 Å². The average molecular weight is 242 g/mol. The number of nitrogens with zero attached hydrogens (tertiary/aromatic N) is 1. The Morgan fingerprint density at radius 3 is 2.38 bits per heavy atom. The monoisotopic (exact) mass is 242 g/mol. The number of aromatic nitrogens is 1. The summed E-state index contributed by atoms with van der Waals surface area (Å²) in [7, 11) is 1.65. The zero-order chi connectivity index (χ0) is 12.5. The van der Waals surface area contributed by atoms with Crippen LogP contribution in [0.15, 0.2) is 0 Å². The van der Waals surface area contributed by atoms with Crippen LogP contribution in [-0.2, 0) is 10.2 Å². The summed E-state index contributed by atoms with van der Waals surface area (Å²) in [6.07, 6.45) is 0. The maximum absolute atomic E-state index is 11.1. The molecule has 0 aliphatic rings. The molecular formula is C11H18N2O2S. The lowest BCUT2D eigenvalue weighted by Gasteiger charge is -2.13. The SMILES string of the molecule is CNC(C(=O)O)c1sc(C(C)(C)C)nc1C. The number of hydrogen-bond donors (Lipinski definition) is 2. The number of carboxylic acid groups (broad SMARTS) is 1. The van der Waals surface area contributed by atoms with Crippen molar-refractivity contribution in [3.8, 4) is 0 Å². The van der Waals surface area contributed by atoms with Crippen LogP contribution in [-0.4, -0.2) is 23.1 Å². The third-order valence-electron chi connectivity index (χ3n) is 2.27. The molecule has 1 aromatic rings. The second-order valence-electron chi connectivity index (χ2n) is 4.78. The minimum absolute atomic E-state index is 0.0372. The van der Waals surface area contributed by atoms with Gasteiger partial charge in [0.1, 0.15) is 6.04 Å². The molecule has 5 heteroatoms. The van der Waals surface area contributed by atoms with Crippen LogP contribution in [0.4, 0.5) is 0 Å². The molecule has 0 aliphatic heterocycles. The van der Waals surface area contributed by atoms with E-state index in [4.69, 9.17) is 5.11 Å². The number of aliphatic carboxylic acids is 1. The molecule has 1 unspecified atom stereocenters. The molecule has 0 spiro atoms. The summed E-state index contributed by atoms with van der Waals surface area (Å²) in [5.41, 5.74) is 0.765. The molecule has 0 aliphatic carbocycles. The van der Waals surface area contributed by atoms with Gasteiger partial charge in [-0.05, 0) is 14.0 Å². The Balaban J connectivity index is 3.15. The van der Waals surface area contributed by atoms with Gasteiger partial charge in [-0.1, -0.05) is 20.8 Å². The van der Waals surface area contributed by atoms with Gasteiger partial charge in [0.15, 0.2) is 0 Å². The maximum Gasteiger partial charge on any atom is 0.326 e. The van der Waals surface area contributed by atoms with Crippen LogP contribution in [0.5, 0.6) is 0 Å². The smallest absolute Gasteiger partial charge is 0.326 e. The predicted molar refractivity (Wildman–Crippen MR) is 65.0 cm³/mol. The van der Waals surface area contributed by atoms with Crippen molar-refractivity contribution in [2.75, 3.05) is 7.05 Å². The van der Waals surface area contributed by atoms with Gasteiger partial charge in [-0.25, -0.2) is 4.98 Å². The number of carboxylic acids is 1. The highest BCUT2D eigenvalue weighted by atomic mass is 32.1. The van der Waals surface area contributed by atoms with Crippen molar-refractivity contribution in [2.24, 2.45) is 0 Å². The number of nitrogens with one attached hydrogen (secondary N) is 1. The molecule has 16 heavy (non-hydrogen) atoms. The van der Waals surface area contributed by atoms with Gasteiger partial charge in [-0.2, -0.15) is 0 Å². The van der Waals surface area contributed by atoms with Gasteiger partial charge < -0.3 is 10.4 Å². The minimum Gasteiger partial charge on any atom is -0.480 e. The van der Waals surface area contributed by atoms with Crippen molar-refractivity contribution in [3.63, 3.8) is 0 Å². The third kappa shape index (κ3) is 2.59. The summed E-state index contributed by atoms with van der Waals surface area (Å²) < 4.78 is 0. The van der Waals surface area contributed by atoms with E-state index in [1.165, 1.54) is 11.3 Å². The highest BCUT2D eigenvalue weighted by Gasteiger charge is 2.26. The van der Waals surface area contributed by atoms with E-state index in [1.807, 2.05) is 6.92 Å². The molecule has 0 saturated carbocycles. The highest BCUT2D eigenvalue weighted by molar-refractivity contribution is 7.12. The van der Waals surface area contributed by atoms with E-state index in [0.29, 0.717) is 0 Å². The van der Waals surface area contributed by atoms with Gasteiger partial charge in [0.05, 0.1) is 15.6 Å². The molecule has 90 valence electrons. The molecule has 0 fully saturated rings. The van der Waals surface area contributed by atoms with Crippen molar-refractivity contribution in [1.82, 2.24) is 10.3 Å². The first kappa shape index (κ1) is 13.1. The lowest BCUT2D eigenvalue weighted by atomic mass is 9.98. The molecule has 1 rings (SSSR count). The molecule has 1 heterocycles. The summed E-state index contributed by atoms with van der Waals surface area (Å²) in [6.45, 7) is 8.08. The Bertz CT molecular complexity index is 393. The van der Waals surface area contributed by atoms with Gasteiger partial charge in [0.25, 0.3) is 0 Å². The summed E-state index contributed by atoms with van der Waals surface area (Å²) in [5.74, 6) is -0.866. The number of aryl methyl sites for hydroxylation is 1. The van der Waals surface area contributed by atoms with Crippen molar-refractivity contribution >= 4 is 17.3 Å². The Kier molecular flexibility index (Phi) is 3.70. The van der Waals surface area contributed by atoms with Gasteiger partial charge >= 0.3 is 5.97 Å². The quantitative estimate of drug-likeness (QED) is 0.852. The van der Waals surface area contributed by atoms with Gasteiger partial charge in [-0.15, -0.1) is 11.3 Å². The molecule has 0 radical (unpaired) electrons. The Hall–Kier alpha value is -0.940. The molecule has 0 saturated heterocycles. The summed E-state index contributed by atoms with van der Waals surface area (Å²) in [5, 5.41) is 12.8. The Labute approximate surface area is 99.7 Å². The number of hydrogen-bond acceptors (Lipinski definition) is 4. The summed E-state index contributed by atoms with van der Waals surface area (Å²) >= 11 is 1.47. The number of rotatable bonds is 3. The van der Waals surface area contributed by atoms with E-state index in [9.17, 15) is 4.79 Å². The van der Waals surface area contributed by atoms with Crippen molar-refractivity contribution in [1.29, 1.82) is 0 Å². The number of carbonyl (C=O) groups is 1. The fraction of sp³-hybridized carbons (Fsp3) is 0.636. The first-order valence-electron chi connectivity index (χ1n) is 5.15. The number of thiazole rings is 1. The Morgan fingerprint density at radius 1 is 1.50 bits per heavy atom. The largest absolute Gasteiger partial charge is 0.480 e. The first-order valence-corrected chi connectivity index (χ1v) is 5.97. The molecule has 0 amide bonds. The first-order chi connectivity index (χ1) is 7.27. The number of likely N-dealkylation sites (N-methyl/N-ethyl adjacent to an activating group) is 1. The second kappa shape index (κ2) is 4.51. The van der Waals surface area contributed by atoms with Crippen LogP contribution in [0.1, 0.15) is 42.4 Å². The zero-order valence-electron chi connectivity index (χ0n) is 10.3. The van der Waals surface area contributed by atoms with Crippen LogP contribution in [0.2, 0.25) is 0 Å². The fourth-order valence-corrected chi connectivity index (χ4v) is 2.59. The summed E-state index contributed by atoms with van der Waals surface area (Å²) in [4.78, 5) is 16.3. The van der Waals surface area contributed by atoms with Gasteiger partial charge in [0, 0.05) is 5.41 Å². The van der Waals surface area contributed by atoms with Crippen molar-refractivity contribution < 1.29 is 9.90 Å². The standard InChI is InChI=1S/C11H18N2O2S/c1-6-8(7(12-5)9(14)15)16-10(13-6)11(2,3)4/h7,12H,1-5H3,(H,14,15). The molecule has 0 aromatic carbocycles. The van der Waals surface area contributed by atoms with Crippen LogP contribution >= 0.6 is 11.3 Å². The van der Waals surface area contributed by atoms with Crippen LogP contribution in [0.25, 0.3) is 0 Å². The molecular weight excluding hydrogens is 224 g/mol. The second-order valence-corrected chi connectivity index (χ2v) is 5.81. The normalized spacial score (nSPS) is 13.8. The van der Waals surface area contributed by atoms with E-state index >= 15 is 0 Å². The van der Waals surface area contributed by atoms with Gasteiger partial charge in [-0.3, -0.25) is 4.79 Å². The van der Waals surface area contributed by atoms with Crippen LogP contribution < -0.4 is 5.32 Å². The van der Waals surface area contributed by atoms with E-state index in [0.717, 1.165) is 15.6 Å². The molecule has 2 N–H and O–H groups in total. The van der Waals surface area contributed by atoms with Gasteiger partial charge in [0.2, 0.25) is 0 Å². The molecule has 4 nitrogen and oxygen atoms in total. The zero-order valence-corrected chi connectivity index (χ0v) is 11.1. The predicted octanol–water partition coefficient (Wildman–Crippen LogP) is 2.09. The van der Waals surface area contributed by atoms with Crippen molar-refractivity contribution in [2.45, 2.75) is 39.2 Å².